The third kappa shape index (κ3) is 2.06. The molecule has 4 nitrogen and oxygen atoms in total. The molecule has 4 heteroatoms. The van der Waals surface area contributed by atoms with Crippen LogP contribution in [0.15, 0.2) is 40.8 Å². The van der Waals surface area contributed by atoms with Crippen LogP contribution in [-0.4, -0.2) is 4.98 Å². The molecule has 0 fully saturated rings. The van der Waals surface area contributed by atoms with Crippen LogP contribution in [0.3, 0.4) is 0 Å². The summed E-state index contributed by atoms with van der Waals surface area (Å²) in [6.45, 7) is 2.46. The number of benzene rings is 1. The van der Waals surface area contributed by atoms with Gasteiger partial charge < -0.3 is 14.7 Å². The highest BCUT2D eigenvalue weighted by atomic mass is 16.3. The minimum Gasteiger partial charge on any atom is -0.465 e. The number of nitriles is 1. The topological polar surface area (TPSA) is 64.8 Å². The Hall–Kier alpha value is -2.67. The van der Waals surface area contributed by atoms with E-state index in [1.807, 2.05) is 43.3 Å². The SMILES string of the molecule is Cc1ccc(CNc2[nH]c3ccccc3c2C#N)o1. The number of aromatic amines is 1. The average Bonchev–Trinajstić information content (AvgIpc) is 2.99. The van der Waals surface area contributed by atoms with Gasteiger partial charge in [-0.05, 0) is 25.1 Å². The van der Waals surface area contributed by atoms with Crippen LogP contribution in [0.2, 0.25) is 0 Å². The van der Waals surface area contributed by atoms with Crippen LogP contribution in [-0.2, 0) is 6.54 Å². The molecule has 0 unspecified atom stereocenters. The maximum absolute atomic E-state index is 9.27. The van der Waals surface area contributed by atoms with E-state index in [0.29, 0.717) is 12.1 Å². The van der Waals surface area contributed by atoms with Crippen molar-refractivity contribution >= 4 is 16.7 Å². The van der Waals surface area contributed by atoms with Crippen LogP contribution in [0.4, 0.5) is 5.82 Å². The summed E-state index contributed by atoms with van der Waals surface area (Å²) in [6, 6.07) is 13.9. The van der Waals surface area contributed by atoms with Gasteiger partial charge in [-0.1, -0.05) is 18.2 Å². The first-order valence-electron chi connectivity index (χ1n) is 6.08. The van der Waals surface area contributed by atoms with Crippen molar-refractivity contribution in [2.45, 2.75) is 13.5 Å². The largest absolute Gasteiger partial charge is 0.465 e. The number of anilines is 1. The number of para-hydroxylation sites is 1. The number of hydrogen-bond donors (Lipinski definition) is 2. The quantitative estimate of drug-likeness (QED) is 0.748. The maximum atomic E-state index is 9.27. The molecule has 0 aliphatic carbocycles. The molecule has 0 bridgehead atoms. The van der Waals surface area contributed by atoms with E-state index in [-0.39, 0.29) is 0 Å². The molecule has 0 amide bonds. The zero-order chi connectivity index (χ0) is 13.2. The van der Waals surface area contributed by atoms with Crippen LogP contribution >= 0.6 is 0 Å². The van der Waals surface area contributed by atoms with Gasteiger partial charge in [-0.2, -0.15) is 5.26 Å². The first-order chi connectivity index (χ1) is 9.28. The normalized spacial score (nSPS) is 10.5. The molecule has 19 heavy (non-hydrogen) atoms. The molecule has 0 saturated carbocycles. The molecule has 0 radical (unpaired) electrons. The number of nitrogens with one attached hydrogen (secondary N) is 2. The predicted octanol–water partition coefficient (Wildman–Crippen LogP) is 3.55. The lowest BCUT2D eigenvalue weighted by atomic mass is 10.2. The highest BCUT2D eigenvalue weighted by Gasteiger charge is 2.10. The monoisotopic (exact) mass is 251 g/mol. The van der Waals surface area contributed by atoms with Gasteiger partial charge in [0.2, 0.25) is 0 Å². The van der Waals surface area contributed by atoms with E-state index in [0.717, 1.165) is 28.2 Å². The molecule has 0 saturated heterocycles. The van der Waals surface area contributed by atoms with Crippen molar-refractivity contribution in [1.29, 1.82) is 5.26 Å². The highest BCUT2D eigenvalue weighted by Crippen LogP contribution is 2.25. The summed E-state index contributed by atoms with van der Waals surface area (Å²) < 4.78 is 5.49. The molecule has 94 valence electrons. The summed E-state index contributed by atoms with van der Waals surface area (Å²) in [5.74, 6) is 2.46. The first-order valence-corrected chi connectivity index (χ1v) is 6.08. The second kappa shape index (κ2) is 4.54. The van der Waals surface area contributed by atoms with Crippen molar-refractivity contribution in [1.82, 2.24) is 4.98 Å². The number of hydrogen-bond acceptors (Lipinski definition) is 3. The van der Waals surface area contributed by atoms with Crippen molar-refractivity contribution in [3.63, 3.8) is 0 Å². The highest BCUT2D eigenvalue weighted by molar-refractivity contribution is 5.91. The molecule has 0 aliphatic heterocycles. The van der Waals surface area contributed by atoms with Crippen molar-refractivity contribution < 1.29 is 4.42 Å². The number of H-pyrrole nitrogens is 1. The van der Waals surface area contributed by atoms with Gasteiger partial charge in [-0.3, -0.25) is 0 Å². The smallest absolute Gasteiger partial charge is 0.123 e. The van der Waals surface area contributed by atoms with E-state index in [2.05, 4.69) is 16.4 Å². The molecular weight excluding hydrogens is 238 g/mol. The lowest BCUT2D eigenvalue weighted by molar-refractivity contribution is 0.490. The molecule has 2 N–H and O–H groups in total. The predicted molar refractivity (Wildman–Crippen MR) is 73.8 cm³/mol. The standard InChI is InChI=1S/C15H13N3O/c1-10-6-7-11(19-10)9-17-15-13(8-16)12-4-2-3-5-14(12)18-15/h2-7,17-18H,9H2,1H3. The maximum Gasteiger partial charge on any atom is 0.123 e. The van der Waals surface area contributed by atoms with E-state index in [4.69, 9.17) is 4.42 Å². The van der Waals surface area contributed by atoms with E-state index < -0.39 is 0 Å². The number of fused-ring (bicyclic) bond motifs is 1. The van der Waals surface area contributed by atoms with Gasteiger partial charge in [-0.15, -0.1) is 0 Å². The molecule has 1 aromatic carbocycles. The Labute approximate surface area is 110 Å². The summed E-state index contributed by atoms with van der Waals surface area (Å²) in [5.41, 5.74) is 1.59. The van der Waals surface area contributed by atoms with Crippen molar-refractivity contribution in [2.75, 3.05) is 5.32 Å². The van der Waals surface area contributed by atoms with Crippen molar-refractivity contribution in [3.8, 4) is 6.07 Å². The number of aryl methyl sites for hydroxylation is 1. The van der Waals surface area contributed by atoms with Gasteiger partial charge in [0, 0.05) is 10.9 Å². The van der Waals surface area contributed by atoms with Crippen LogP contribution < -0.4 is 5.32 Å². The lowest BCUT2D eigenvalue weighted by Gasteiger charge is -2.01. The lowest BCUT2D eigenvalue weighted by Crippen LogP contribution is -1.99. The minimum absolute atomic E-state index is 0.551. The third-order valence-electron chi connectivity index (χ3n) is 3.05. The summed E-state index contributed by atoms with van der Waals surface area (Å²) in [5, 5.41) is 13.4. The van der Waals surface area contributed by atoms with E-state index >= 15 is 0 Å². The van der Waals surface area contributed by atoms with Crippen molar-refractivity contribution in [2.24, 2.45) is 0 Å². The summed E-state index contributed by atoms with van der Waals surface area (Å²) in [4.78, 5) is 3.22. The number of furan rings is 1. The Bertz CT molecular complexity index is 761. The second-order valence-corrected chi connectivity index (χ2v) is 4.40. The molecule has 2 aromatic heterocycles. The fourth-order valence-corrected chi connectivity index (χ4v) is 2.15. The van der Waals surface area contributed by atoms with Gasteiger partial charge in [0.15, 0.2) is 0 Å². The van der Waals surface area contributed by atoms with Gasteiger partial charge in [0.1, 0.15) is 29.0 Å². The molecule has 0 aliphatic rings. The summed E-state index contributed by atoms with van der Waals surface area (Å²) in [7, 11) is 0. The molecule has 0 atom stereocenters. The Morgan fingerprint density at radius 1 is 1.26 bits per heavy atom. The molecule has 2 heterocycles. The molecule has 0 spiro atoms. The van der Waals surface area contributed by atoms with E-state index in [1.54, 1.807) is 0 Å². The van der Waals surface area contributed by atoms with E-state index in [1.165, 1.54) is 0 Å². The number of aromatic nitrogens is 1. The van der Waals surface area contributed by atoms with Crippen LogP contribution in [0.1, 0.15) is 17.1 Å². The zero-order valence-corrected chi connectivity index (χ0v) is 10.5. The Morgan fingerprint density at radius 3 is 2.84 bits per heavy atom. The molecular formula is C15H13N3O. The van der Waals surface area contributed by atoms with Gasteiger partial charge >= 0.3 is 0 Å². The summed E-state index contributed by atoms with van der Waals surface area (Å²) >= 11 is 0. The van der Waals surface area contributed by atoms with Crippen LogP contribution in [0.25, 0.3) is 10.9 Å². The van der Waals surface area contributed by atoms with Crippen molar-refractivity contribution in [3.05, 3.63) is 53.5 Å². The van der Waals surface area contributed by atoms with E-state index in [9.17, 15) is 5.26 Å². The fraction of sp³-hybridized carbons (Fsp3) is 0.133. The van der Waals surface area contributed by atoms with Gasteiger partial charge in [-0.25, -0.2) is 0 Å². The molecule has 3 rings (SSSR count). The molecule has 3 aromatic rings. The second-order valence-electron chi connectivity index (χ2n) is 4.40. The third-order valence-corrected chi connectivity index (χ3v) is 3.05. The Morgan fingerprint density at radius 2 is 2.11 bits per heavy atom. The zero-order valence-electron chi connectivity index (χ0n) is 10.5. The number of rotatable bonds is 3. The average molecular weight is 251 g/mol. The fourth-order valence-electron chi connectivity index (χ4n) is 2.15. The van der Waals surface area contributed by atoms with Crippen LogP contribution in [0.5, 0.6) is 0 Å². The first kappa shape index (κ1) is 11.4. The number of nitrogens with zero attached hydrogens (tertiary/aromatic N) is 1. The van der Waals surface area contributed by atoms with Crippen LogP contribution in [0, 0.1) is 18.3 Å². The Balaban J connectivity index is 1.90. The van der Waals surface area contributed by atoms with Gasteiger partial charge in [0.25, 0.3) is 0 Å². The summed E-state index contributed by atoms with van der Waals surface area (Å²) in [6.07, 6.45) is 0. The van der Waals surface area contributed by atoms with Gasteiger partial charge in [0.05, 0.1) is 6.54 Å². The Kier molecular flexibility index (Phi) is 2.73. The minimum atomic E-state index is 0.551.